The molecule has 0 aliphatic rings. The van der Waals surface area contributed by atoms with Crippen molar-refractivity contribution in [3.8, 4) is 0 Å². The van der Waals surface area contributed by atoms with Crippen LogP contribution < -0.4 is 0 Å². The summed E-state index contributed by atoms with van der Waals surface area (Å²) in [5.74, 6) is -0.525. The molecule has 0 aliphatic carbocycles. The maximum atomic E-state index is 11.8. The summed E-state index contributed by atoms with van der Waals surface area (Å²) in [7, 11) is 0. The maximum absolute atomic E-state index is 11.8. The summed E-state index contributed by atoms with van der Waals surface area (Å²) in [4.78, 5) is 34.7. The van der Waals surface area contributed by atoms with Crippen LogP contribution in [-0.4, -0.2) is 28.9 Å². The minimum atomic E-state index is -0.491. The van der Waals surface area contributed by atoms with E-state index < -0.39 is 11.2 Å². The van der Waals surface area contributed by atoms with Gasteiger partial charge in [-0.2, -0.15) is 0 Å². The molecule has 0 rings (SSSR count). The molecule has 0 saturated heterocycles. The maximum Gasteiger partial charge on any atom is 0.330 e. The molecule has 0 aromatic carbocycles. The fraction of sp³-hybridized carbons (Fsp3) is 0.667. The number of hydrogen-bond acceptors (Lipinski definition) is 5. The average Bonchev–Trinajstić information content (AvgIpc) is 2.42. The van der Waals surface area contributed by atoms with E-state index in [0.717, 1.165) is 0 Å². The van der Waals surface area contributed by atoms with Gasteiger partial charge in [-0.3, -0.25) is 4.79 Å². The van der Waals surface area contributed by atoms with Gasteiger partial charge in [0.25, 0.3) is 0 Å². The molecule has 5 nitrogen and oxygen atoms in total. The largest absolute Gasteiger partial charge is 0.457 e. The molecule has 0 N–H and O–H groups in total. The first kappa shape index (κ1) is 24.1. The minimum Gasteiger partial charge on any atom is -0.457 e. The van der Waals surface area contributed by atoms with Crippen molar-refractivity contribution in [2.45, 2.75) is 91.3 Å². The minimum absolute atomic E-state index is 0.196. The van der Waals surface area contributed by atoms with Crippen LogP contribution >= 0.6 is 0 Å². The molecule has 0 spiro atoms. The van der Waals surface area contributed by atoms with E-state index in [1.54, 1.807) is 12.2 Å². The lowest BCUT2D eigenvalue weighted by atomic mass is 10.1. The molecule has 148 valence electrons. The Morgan fingerprint density at radius 2 is 1.04 bits per heavy atom. The van der Waals surface area contributed by atoms with E-state index >= 15 is 0 Å². The molecule has 0 fully saturated rings. The highest BCUT2D eigenvalue weighted by atomic mass is 16.6. The Bertz CT molecular complexity index is 469. The predicted octanol–water partition coefficient (Wildman–Crippen LogP) is 4.69. The van der Waals surface area contributed by atoms with Gasteiger partial charge in [0.1, 0.15) is 17.0 Å². The van der Waals surface area contributed by atoms with Gasteiger partial charge < -0.3 is 9.47 Å². The number of ketones is 1. The van der Waals surface area contributed by atoms with Crippen LogP contribution in [0.15, 0.2) is 24.3 Å². The van der Waals surface area contributed by atoms with Crippen LogP contribution in [0.1, 0.15) is 80.1 Å². The van der Waals surface area contributed by atoms with Gasteiger partial charge in [-0.05, 0) is 67.2 Å². The molecule has 0 amide bonds. The fourth-order valence-corrected chi connectivity index (χ4v) is 1.99. The summed E-state index contributed by atoms with van der Waals surface area (Å²) in [5.41, 5.74) is -0.982. The lowest BCUT2D eigenvalue weighted by Gasteiger charge is -2.17. The van der Waals surface area contributed by atoms with E-state index in [9.17, 15) is 14.4 Å². The van der Waals surface area contributed by atoms with Crippen molar-refractivity contribution in [1.29, 1.82) is 0 Å². The first-order valence-corrected chi connectivity index (χ1v) is 9.20. The van der Waals surface area contributed by atoms with E-state index in [-0.39, 0.29) is 17.7 Å². The fourth-order valence-electron chi connectivity index (χ4n) is 1.99. The van der Waals surface area contributed by atoms with Crippen molar-refractivity contribution >= 4 is 17.7 Å². The Balaban J connectivity index is 3.79. The number of unbranched alkanes of at least 4 members (excludes halogenated alkanes) is 2. The van der Waals surface area contributed by atoms with Crippen LogP contribution in [0.25, 0.3) is 0 Å². The highest BCUT2D eigenvalue weighted by Crippen LogP contribution is 2.09. The van der Waals surface area contributed by atoms with Gasteiger partial charge in [-0.1, -0.05) is 12.2 Å². The van der Waals surface area contributed by atoms with Crippen molar-refractivity contribution in [3.63, 3.8) is 0 Å². The van der Waals surface area contributed by atoms with Crippen LogP contribution in [0.2, 0.25) is 0 Å². The van der Waals surface area contributed by atoms with Gasteiger partial charge in [0.2, 0.25) is 0 Å². The highest BCUT2D eigenvalue weighted by Gasteiger charge is 2.14. The Hall–Kier alpha value is -1.91. The van der Waals surface area contributed by atoms with Crippen molar-refractivity contribution in [1.82, 2.24) is 0 Å². The molecule has 0 unspecified atom stereocenters. The first-order chi connectivity index (χ1) is 11.9. The molecular formula is C21H34O5. The Labute approximate surface area is 157 Å². The second-order valence-electron chi connectivity index (χ2n) is 8.19. The van der Waals surface area contributed by atoms with E-state index in [1.165, 1.54) is 12.2 Å². The molecule has 0 saturated carbocycles. The molecule has 5 heteroatoms. The van der Waals surface area contributed by atoms with E-state index in [1.807, 2.05) is 41.5 Å². The standard InChI is InChI=1S/C21H34O5/c1-20(2,3)25-18(23)15-11-7-9-13-17(22)14-10-8-12-16-19(24)26-21(4,5)6/h11-12,15-16H,7-10,13-14H2,1-6H3/b15-11+,16-12+. The number of esters is 2. The van der Waals surface area contributed by atoms with Gasteiger partial charge in [0.05, 0.1) is 0 Å². The number of carbonyl (C=O) groups excluding carboxylic acids is 3. The van der Waals surface area contributed by atoms with E-state index in [2.05, 4.69) is 0 Å². The molecule has 0 aromatic heterocycles. The highest BCUT2D eigenvalue weighted by molar-refractivity contribution is 5.82. The number of hydrogen-bond donors (Lipinski definition) is 0. The van der Waals surface area contributed by atoms with Gasteiger partial charge >= 0.3 is 11.9 Å². The zero-order valence-corrected chi connectivity index (χ0v) is 17.1. The van der Waals surface area contributed by atoms with Crippen molar-refractivity contribution in [2.24, 2.45) is 0 Å². The summed E-state index contributed by atoms with van der Waals surface area (Å²) in [6.07, 6.45) is 10.1. The van der Waals surface area contributed by atoms with Crippen LogP contribution in [0.3, 0.4) is 0 Å². The topological polar surface area (TPSA) is 69.7 Å². The van der Waals surface area contributed by atoms with Crippen molar-refractivity contribution < 1.29 is 23.9 Å². The second kappa shape index (κ2) is 11.7. The molecule has 0 aliphatic heterocycles. The smallest absolute Gasteiger partial charge is 0.330 e. The van der Waals surface area contributed by atoms with Crippen LogP contribution in [-0.2, 0) is 23.9 Å². The third-order valence-electron chi connectivity index (χ3n) is 2.97. The number of rotatable bonds is 10. The second-order valence-corrected chi connectivity index (χ2v) is 8.19. The lowest BCUT2D eigenvalue weighted by Crippen LogP contribution is -2.22. The molecule has 0 aromatic rings. The van der Waals surface area contributed by atoms with Crippen molar-refractivity contribution in [2.75, 3.05) is 0 Å². The summed E-state index contributed by atoms with van der Waals surface area (Å²) in [5, 5.41) is 0. The van der Waals surface area contributed by atoms with E-state index in [0.29, 0.717) is 38.5 Å². The van der Waals surface area contributed by atoms with Crippen LogP contribution in [0, 0.1) is 0 Å². The quantitative estimate of drug-likeness (QED) is 0.319. The van der Waals surface area contributed by atoms with Crippen LogP contribution in [0.5, 0.6) is 0 Å². The normalized spacial score (nSPS) is 12.5. The third kappa shape index (κ3) is 16.9. The molecule has 0 radical (unpaired) electrons. The summed E-state index contributed by atoms with van der Waals surface area (Å²) < 4.78 is 10.3. The zero-order chi connectivity index (χ0) is 20.2. The van der Waals surface area contributed by atoms with Gasteiger partial charge in [0, 0.05) is 25.0 Å². The van der Waals surface area contributed by atoms with Gasteiger partial charge in [0.15, 0.2) is 0 Å². The number of carbonyl (C=O) groups is 3. The monoisotopic (exact) mass is 366 g/mol. The Kier molecular flexibility index (Phi) is 10.8. The summed E-state index contributed by atoms with van der Waals surface area (Å²) >= 11 is 0. The summed E-state index contributed by atoms with van der Waals surface area (Å²) in [6, 6.07) is 0. The van der Waals surface area contributed by atoms with Gasteiger partial charge in [-0.15, -0.1) is 0 Å². The number of Topliss-reactive ketones (excluding diaryl/α,β-unsaturated/α-hetero) is 1. The molecule has 26 heavy (non-hydrogen) atoms. The molecule has 0 heterocycles. The Morgan fingerprint density at radius 3 is 1.35 bits per heavy atom. The molecule has 0 bridgehead atoms. The number of ether oxygens (including phenoxy) is 2. The first-order valence-electron chi connectivity index (χ1n) is 9.20. The van der Waals surface area contributed by atoms with E-state index in [4.69, 9.17) is 9.47 Å². The Morgan fingerprint density at radius 1 is 0.692 bits per heavy atom. The third-order valence-corrected chi connectivity index (χ3v) is 2.97. The number of allylic oxidation sites excluding steroid dienone is 2. The van der Waals surface area contributed by atoms with Crippen LogP contribution in [0.4, 0.5) is 0 Å². The molecule has 0 atom stereocenters. The molecular weight excluding hydrogens is 332 g/mol. The zero-order valence-electron chi connectivity index (χ0n) is 17.1. The SMILES string of the molecule is CC(C)(C)OC(=O)/C=C/CCCC(=O)CCC/C=C/C(=O)OC(C)(C)C. The van der Waals surface area contributed by atoms with Gasteiger partial charge in [-0.25, -0.2) is 9.59 Å². The average molecular weight is 366 g/mol. The predicted molar refractivity (Wildman–Crippen MR) is 103 cm³/mol. The summed E-state index contributed by atoms with van der Waals surface area (Å²) in [6.45, 7) is 10.9. The van der Waals surface area contributed by atoms with Crippen molar-refractivity contribution in [3.05, 3.63) is 24.3 Å². The lowest BCUT2D eigenvalue weighted by molar-refractivity contribution is -0.149.